The van der Waals surface area contributed by atoms with E-state index in [0.717, 1.165) is 0 Å². The third kappa shape index (κ3) is 3.46. The van der Waals surface area contributed by atoms with E-state index in [0.29, 0.717) is 28.4 Å². The van der Waals surface area contributed by atoms with Gasteiger partial charge in [-0.05, 0) is 35.9 Å². The maximum atomic E-state index is 12.5. The standard InChI is InChI=1S/C19H16O7/c1-23-14-6-3-11(7-16(14)24-2)8-17-19(22)13-5-4-12(9-15(13)26-17)25-10-18(20)21/h3-9H,10H2,1-2H3,(H,20,21)/p-1/b17-8-. The number of methoxy groups -OCH3 is 2. The minimum Gasteiger partial charge on any atom is -0.546 e. The molecule has 134 valence electrons. The summed E-state index contributed by atoms with van der Waals surface area (Å²) < 4.78 is 21.1. The second-order valence-electron chi connectivity index (χ2n) is 5.37. The zero-order valence-electron chi connectivity index (χ0n) is 14.1. The van der Waals surface area contributed by atoms with Gasteiger partial charge in [0, 0.05) is 6.07 Å². The van der Waals surface area contributed by atoms with E-state index in [-0.39, 0.29) is 17.3 Å². The van der Waals surface area contributed by atoms with Crippen LogP contribution in [0.2, 0.25) is 0 Å². The minimum atomic E-state index is -1.34. The van der Waals surface area contributed by atoms with Gasteiger partial charge in [0.1, 0.15) is 18.1 Å². The Morgan fingerprint density at radius 2 is 1.88 bits per heavy atom. The first-order chi connectivity index (χ1) is 12.5. The Hall–Kier alpha value is -3.48. The average molecular weight is 355 g/mol. The maximum Gasteiger partial charge on any atom is 0.231 e. The van der Waals surface area contributed by atoms with Crippen molar-refractivity contribution in [2.45, 2.75) is 0 Å². The summed E-state index contributed by atoms with van der Waals surface area (Å²) in [5, 5.41) is 10.5. The van der Waals surface area contributed by atoms with Crippen LogP contribution in [0.3, 0.4) is 0 Å². The Kier molecular flexibility index (Phi) is 4.79. The lowest BCUT2D eigenvalue weighted by atomic mass is 10.1. The number of fused-ring (bicyclic) bond motifs is 1. The van der Waals surface area contributed by atoms with Crippen LogP contribution >= 0.6 is 0 Å². The molecule has 7 nitrogen and oxygen atoms in total. The van der Waals surface area contributed by atoms with Crippen molar-refractivity contribution >= 4 is 17.8 Å². The van der Waals surface area contributed by atoms with Crippen LogP contribution in [0.1, 0.15) is 15.9 Å². The van der Waals surface area contributed by atoms with Crippen LogP contribution in [-0.2, 0) is 4.79 Å². The molecule has 0 radical (unpaired) electrons. The first-order valence-corrected chi connectivity index (χ1v) is 7.65. The molecule has 0 aromatic heterocycles. The summed E-state index contributed by atoms with van der Waals surface area (Å²) in [5.41, 5.74) is 1.07. The van der Waals surface area contributed by atoms with Crippen molar-refractivity contribution in [2.24, 2.45) is 0 Å². The molecule has 0 saturated heterocycles. The zero-order valence-corrected chi connectivity index (χ0v) is 14.1. The predicted molar refractivity (Wildman–Crippen MR) is 89.4 cm³/mol. The number of carbonyl (C=O) groups excluding carboxylic acids is 2. The third-order valence-electron chi connectivity index (χ3n) is 3.70. The Morgan fingerprint density at radius 3 is 2.58 bits per heavy atom. The Labute approximate surface area is 149 Å². The van der Waals surface area contributed by atoms with Crippen LogP contribution in [-0.4, -0.2) is 32.6 Å². The molecular formula is C19H15O7-. The van der Waals surface area contributed by atoms with Gasteiger partial charge < -0.3 is 28.8 Å². The van der Waals surface area contributed by atoms with E-state index in [4.69, 9.17) is 18.9 Å². The average Bonchev–Trinajstić information content (AvgIpc) is 2.95. The lowest BCUT2D eigenvalue weighted by Crippen LogP contribution is -2.28. The minimum absolute atomic E-state index is 0.143. The summed E-state index contributed by atoms with van der Waals surface area (Å²) in [5.74, 6) is 0.210. The number of allylic oxidation sites excluding steroid dienone is 1. The number of Topliss-reactive ketones (excluding diaryl/α,β-unsaturated/α-hetero) is 1. The summed E-state index contributed by atoms with van der Waals surface area (Å²) in [6, 6.07) is 9.71. The van der Waals surface area contributed by atoms with Gasteiger partial charge in [0.05, 0.1) is 25.8 Å². The normalized spacial score (nSPS) is 13.9. The number of benzene rings is 2. The van der Waals surface area contributed by atoms with Crippen LogP contribution < -0.4 is 24.1 Å². The molecule has 26 heavy (non-hydrogen) atoms. The number of carboxylic acids is 1. The lowest BCUT2D eigenvalue weighted by molar-refractivity contribution is -0.307. The van der Waals surface area contributed by atoms with Gasteiger partial charge in [0.15, 0.2) is 17.3 Å². The number of hydrogen-bond donors (Lipinski definition) is 0. The van der Waals surface area contributed by atoms with Gasteiger partial charge in [-0.1, -0.05) is 6.07 Å². The SMILES string of the molecule is COc1ccc(/C=C2\Oc3cc(OCC(=O)[O-])ccc3C2=O)cc1OC. The van der Waals surface area contributed by atoms with Gasteiger partial charge in [0.25, 0.3) is 0 Å². The number of ketones is 1. The molecule has 1 aliphatic heterocycles. The number of rotatable bonds is 6. The molecule has 0 aliphatic carbocycles. The Bertz CT molecular complexity index is 899. The number of carboxylic acid groups (broad SMARTS) is 1. The molecule has 3 rings (SSSR count). The molecule has 2 aromatic carbocycles. The van der Waals surface area contributed by atoms with Gasteiger partial charge in [0.2, 0.25) is 5.78 Å². The summed E-state index contributed by atoms with van der Waals surface area (Å²) >= 11 is 0. The fraction of sp³-hybridized carbons (Fsp3) is 0.158. The van der Waals surface area contributed by atoms with E-state index in [1.807, 2.05) is 0 Å². The highest BCUT2D eigenvalue weighted by Gasteiger charge is 2.27. The van der Waals surface area contributed by atoms with Gasteiger partial charge in [-0.15, -0.1) is 0 Å². The van der Waals surface area contributed by atoms with Gasteiger partial charge in [-0.2, -0.15) is 0 Å². The van der Waals surface area contributed by atoms with Gasteiger partial charge >= 0.3 is 0 Å². The molecule has 1 aliphatic rings. The van der Waals surface area contributed by atoms with Crippen LogP contribution in [0.5, 0.6) is 23.0 Å². The summed E-state index contributed by atoms with van der Waals surface area (Å²) in [6.45, 7) is -0.582. The highest BCUT2D eigenvalue weighted by atomic mass is 16.5. The number of hydrogen-bond acceptors (Lipinski definition) is 7. The maximum absolute atomic E-state index is 12.5. The van der Waals surface area contributed by atoms with Crippen molar-refractivity contribution < 1.29 is 33.6 Å². The van der Waals surface area contributed by atoms with Crippen molar-refractivity contribution in [1.82, 2.24) is 0 Å². The first-order valence-electron chi connectivity index (χ1n) is 7.65. The molecule has 0 bridgehead atoms. The van der Waals surface area contributed by atoms with Gasteiger partial charge in [-0.25, -0.2) is 0 Å². The van der Waals surface area contributed by atoms with E-state index in [9.17, 15) is 14.7 Å². The molecule has 0 unspecified atom stereocenters. The van der Waals surface area contributed by atoms with Crippen molar-refractivity contribution in [3.05, 3.63) is 53.3 Å². The molecule has 0 spiro atoms. The van der Waals surface area contributed by atoms with E-state index in [2.05, 4.69) is 0 Å². The van der Waals surface area contributed by atoms with Crippen molar-refractivity contribution in [3.8, 4) is 23.0 Å². The fourth-order valence-electron chi connectivity index (χ4n) is 2.49. The Balaban J connectivity index is 1.85. The molecular weight excluding hydrogens is 340 g/mol. The fourth-order valence-corrected chi connectivity index (χ4v) is 2.49. The van der Waals surface area contributed by atoms with Crippen molar-refractivity contribution in [1.29, 1.82) is 0 Å². The summed E-state index contributed by atoms with van der Waals surface area (Å²) in [7, 11) is 3.06. The molecule has 0 fully saturated rings. The second kappa shape index (κ2) is 7.18. The van der Waals surface area contributed by atoms with Crippen molar-refractivity contribution in [2.75, 3.05) is 20.8 Å². The van der Waals surface area contributed by atoms with Crippen LogP contribution in [0.15, 0.2) is 42.2 Å². The van der Waals surface area contributed by atoms with Gasteiger partial charge in [-0.3, -0.25) is 4.79 Å². The highest BCUT2D eigenvalue weighted by Crippen LogP contribution is 2.35. The topological polar surface area (TPSA) is 94.1 Å². The van der Waals surface area contributed by atoms with E-state index < -0.39 is 12.6 Å². The molecule has 0 N–H and O–H groups in total. The van der Waals surface area contributed by atoms with E-state index in [1.165, 1.54) is 32.4 Å². The van der Waals surface area contributed by atoms with E-state index in [1.54, 1.807) is 24.3 Å². The van der Waals surface area contributed by atoms with Crippen LogP contribution in [0.4, 0.5) is 0 Å². The quantitative estimate of drug-likeness (QED) is 0.724. The first kappa shape index (κ1) is 17.3. The summed E-state index contributed by atoms with van der Waals surface area (Å²) in [4.78, 5) is 22.9. The summed E-state index contributed by atoms with van der Waals surface area (Å²) in [6.07, 6.45) is 1.59. The molecule has 2 aromatic rings. The van der Waals surface area contributed by atoms with Crippen molar-refractivity contribution in [3.63, 3.8) is 0 Å². The molecule has 0 atom stereocenters. The lowest BCUT2D eigenvalue weighted by Gasteiger charge is -2.08. The van der Waals surface area contributed by atoms with Crippen LogP contribution in [0.25, 0.3) is 6.08 Å². The zero-order chi connectivity index (χ0) is 18.7. The highest BCUT2D eigenvalue weighted by molar-refractivity contribution is 6.14. The number of carbonyl (C=O) groups is 2. The second-order valence-corrected chi connectivity index (χ2v) is 5.37. The third-order valence-corrected chi connectivity index (χ3v) is 3.70. The number of ether oxygens (including phenoxy) is 4. The molecule has 0 saturated carbocycles. The number of aliphatic carboxylic acids is 1. The molecule has 1 heterocycles. The van der Waals surface area contributed by atoms with E-state index >= 15 is 0 Å². The smallest absolute Gasteiger partial charge is 0.231 e. The largest absolute Gasteiger partial charge is 0.546 e. The molecule has 0 amide bonds. The monoisotopic (exact) mass is 355 g/mol. The Morgan fingerprint density at radius 1 is 1.12 bits per heavy atom. The van der Waals surface area contributed by atoms with Crippen LogP contribution in [0, 0.1) is 0 Å². The predicted octanol–water partition coefficient (Wildman–Crippen LogP) is 1.45. The molecule has 7 heteroatoms.